The third-order valence-electron chi connectivity index (χ3n) is 3.33. The molecule has 2 heteroatoms. The normalized spacial score (nSPS) is 12.5. The highest BCUT2D eigenvalue weighted by molar-refractivity contribution is 5.69. The van der Waals surface area contributed by atoms with Gasteiger partial charge in [0.25, 0.3) is 0 Å². The third kappa shape index (κ3) is 12.0. The van der Waals surface area contributed by atoms with Crippen LogP contribution >= 0.6 is 0 Å². The monoisotopic (exact) mass is 280 g/mol. The van der Waals surface area contributed by atoms with Crippen molar-refractivity contribution in [2.45, 2.75) is 84.2 Å². The van der Waals surface area contributed by atoms with E-state index in [1.165, 1.54) is 0 Å². The molecule has 0 fully saturated rings. The first-order chi connectivity index (χ1) is 9.74. The molecule has 20 heavy (non-hydrogen) atoms. The summed E-state index contributed by atoms with van der Waals surface area (Å²) in [7, 11) is 0. The standard InChI is InChI=1S/C18H32O2/c1-4-7-10-11-13-15-17(14-9-6-3)20-18(19)16-12-8-5-2/h4,7,10,17H,1,5-6,8-9,11-16H2,2-3H3. The van der Waals surface area contributed by atoms with Gasteiger partial charge in [-0.25, -0.2) is 0 Å². The summed E-state index contributed by atoms with van der Waals surface area (Å²) in [5, 5.41) is 0. The fraction of sp³-hybridized carbons (Fsp3) is 0.722. The van der Waals surface area contributed by atoms with Crippen molar-refractivity contribution < 1.29 is 9.53 Å². The summed E-state index contributed by atoms with van der Waals surface area (Å²) in [6, 6.07) is 0. The minimum Gasteiger partial charge on any atom is -0.462 e. The van der Waals surface area contributed by atoms with Crippen LogP contribution in [0.15, 0.2) is 24.8 Å². The van der Waals surface area contributed by atoms with E-state index in [1.54, 1.807) is 6.08 Å². The lowest BCUT2D eigenvalue weighted by molar-refractivity contribution is -0.150. The van der Waals surface area contributed by atoms with Crippen LogP contribution in [0.2, 0.25) is 0 Å². The third-order valence-corrected chi connectivity index (χ3v) is 3.33. The summed E-state index contributed by atoms with van der Waals surface area (Å²) in [4.78, 5) is 11.8. The number of unbranched alkanes of at least 4 members (excludes halogenated alkanes) is 4. The maximum Gasteiger partial charge on any atom is 0.306 e. The van der Waals surface area contributed by atoms with Crippen molar-refractivity contribution in [3.63, 3.8) is 0 Å². The molecule has 0 saturated heterocycles. The molecule has 0 amide bonds. The van der Waals surface area contributed by atoms with E-state index in [1.807, 2.05) is 6.08 Å². The van der Waals surface area contributed by atoms with Gasteiger partial charge in [0.1, 0.15) is 6.10 Å². The highest BCUT2D eigenvalue weighted by Gasteiger charge is 2.13. The van der Waals surface area contributed by atoms with Crippen LogP contribution in [-0.2, 0) is 9.53 Å². The smallest absolute Gasteiger partial charge is 0.306 e. The minimum absolute atomic E-state index is 0.0128. The second-order valence-electron chi connectivity index (χ2n) is 5.31. The average Bonchev–Trinajstić information content (AvgIpc) is 2.44. The summed E-state index contributed by atoms with van der Waals surface area (Å²) in [6.45, 7) is 7.97. The summed E-state index contributed by atoms with van der Waals surface area (Å²) in [6.07, 6.45) is 16.1. The zero-order chi connectivity index (χ0) is 15.1. The van der Waals surface area contributed by atoms with Crippen molar-refractivity contribution >= 4 is 5.97 Å². The van der Waals surface area contributed by atoms with Gasteiger partial charge in [0.2, 0.25) is 0 Å². The quantitative estimate of drug-likeness (QED) is 0.250. The highest BCUT2D eigenvalue weighted by Crippen LogP contribution is 2.14. The van der Waals surface area contributed by atoms with E-state index in [0.717, 1.165) is 57.8 Å². The lowest BCUT2D eigenvalue weighted by atomic mass is 10.1. The van der Waals surface area contributed by atoms with Crippen molar-refractivity contribution in [1.82, 2.24) is 0 Å². The first-order valence-corrected chi connectivity index (χ1v) is 8.21. The minimum atomic E-state index is -0.0128. The average molecular weight is 280 g/mol. The molecular weight excluding hydrogens is 248 g/mol. The van der Waals surface area contributed by atoms with E-state index in [0.29, 0.717) is 6.42 Å². The first-order valence-electron chi connectivity index (χ1n) is 8.21. The van der Waals surface area contributed by atoms with Crippen LogP contribution in [0.5, 0.6) is 0 Å². The molecule has 0 aromatic carbocycles. The molecule has 0 radical (unpaired) electrons. The van der Waals surface area contributed by atoms with Crippen molar-refractivity contribution in [3.05, 3.63) is 24.8 Å². The van der Waals surface area contributed by atoms with E-state index in [9.17, 15) is 4.79 Å². The number of hydrogen-bond acceptors (Lipinski definition) is 2. The Morgan fingerprint density at radius 3 is 2.45 bits per heavy atom. The first kappa shape index (κ1) is 18.9. The van der Waals surface area contributed by atoms with E-state index >= 15 is 0 Å². The van der Waals surface area contributed by atoms with Crippen molar-refractivity contribution in [3.8, 4) is 0 Å². The van der Waals surface area contributed by atoms with Crippen LogP contribution in [0.4, 0.5) is 0 Å². The molecule has 0 N–H and O–H groups in total. The van der Waals surface area contributed by atoms with Crippen molar-refractivity contribution in [1.29, 1.82) is 0 Å². The van der Waals surface area contributed by atoms with Gasteiger partial charge in [-0.15, -0.1) is 0 Å². The van der Waals surface area contributed by atoms with Crippen molar-refractivity contribution in [2.75, 3.05) is 0 Å². The van der Waals surface area contributed by atoms with Crippen LogP contribution in [0.3, 0.4) is 0 Å². The summed E-state index contributed by atoms with van der Waals surface area (Å²) in [5.41, 5.74) is 0. The Labute approximate surface area is 125 Å². The Hall–Kier alpha value is -1.05. The van der Waals surface area contributed by atoms with E-state index in [2.05, 4.69) is 26.5 Å². The highest BCUT2D eigenvalue weighted by atomic mass is 16.5. The SMILES string of the molecule is C=CC=CCCCC(CCCC)OC(=O)CCCCC. The number of carbonyl (C=O) groups excluding carboxylic acids is 1. The van der Waals surface area contributed by atoms with Crippen molar-refractivity contribution in [2.24, 2.45) is 0 Å². The maximum absolute atomic E-state index is 11.8. The molecule has 0 aliphatic heterocycles. The lowest BCUT2D eigenvalue weighted by Crippen LogP contribution is -2.18. The molecule has 0 aromatic rings. The Morgan fingerprint density at radius 1 is 1.10 bits per heavy atom. The summed E-state index contributed by atoms with van der Waals surface area (Å²) in [5.74, 6) is -0.0128. The number of allylic oxidation sites excluding steroid dienone is 3. The Balaban J connectivity index is 3.96. The van der Waals surface area contributed by atoms with Crippen LogP contribution < -0.4 is 0 Å². The van der Waals surface area contributed by atoms with E-state index < -0.39 is 0 Å². The topological polar surface area (TPSA) is 26.3 Å². The molecule has 1 atom stereocenters. The zero-order valence-electron chi connectivity index (χ0n) is 13.4. The predicted molar refractivity (Wildman–Crippen MR) is 86.7 cm³/mol. The second-order valence-corrected chi connectivity index (χ2v) is 5.31. The Morgan fingerprint density at radius 2 is 1.80 bits per heavy atom. The summed E-state index contributed by atoms with van der Waals surface area (Å²) < 4.78 is 5.62. The number of rotatable bonds is 13. The maximum atomic E-state index is 11.8. The lowest BCUT2D eigenvalue weighted by Gasteiger charge is -2.17. The van der Waals surface area contributed by atoms with Gasteiger partial charge in [-0.2, -0.15) is 0 Å². The van der Waals surface area contributed by atoms with Gasteiger partial charge in [-0.1, -0.05) is 64.3 Å². The number of carbonyl (C=O) groups is 1. The van der Waals surface area contributed by atoms with E-state index in [-0.39, 0.29) is 12.1 Å². The largest absolute Gasteiger partial charge is 0.462 e. The van der Waals surface area contributed by atoms with Gasteiger partial charge in [-0.3, -0.25) is 4.79 Å². The molecule has 116 valence electrons. The predicted octanol–water partition coefficient (Wildman–Crippen LogP) is 5.58. The van der Waals surface area contributed by atoms with Gasteiger partial charge >= 0.3 is 5.97 Å². The van der Waals surface area contributed by atoms with Gasteiger partial charge in [0, 0.05) is 6.42 Å². The molecule has 0 bridgehead atoms. The molecule has 0 saturated carbocycles. The molecule has 1 unspecified atom stereocenters. The molecule has 0 rings (SSSR count). The van der Waals surface area contributed by atoms with Gasteiger partial charge < -0.3 is 4.74 Å². The fourth-order valence-electron chi connectivity index (χ4n) is 2.11. The number of ether oxygens (including phenoxy) is 1. The van der Waals surface area contributed by atoms with Gasteiger partial charge in [-0.05, 0) is 32.1 Å². The van der Waals surface area contributed by atoms with Crippen LogP contribution in [-0.4, -0.2) is 12.1 Å². The van der Waals surface area contributed by atoms with Gasteiger partial charge in [0.15, 0.2) is 0 Å². The summed E-state index contributed by atoms with van der Waals surface area (Å²) >= 11 is 0. The fourth-order valence-corrected chi connectivity index (χ4v) is 2.11. The molecule has 0 aromatic heterocycles. The van der Waals surface area contributed by atoms with Crippen LogP contribution in [0, 0.1) is 0 Å². The Bertz CT molecular complexity index is 269. The molecule has 0 spiro atoms. The number of hydrogen-bond donors (Lipinski definition) is 0. The zero-order valence-corrected chi connectivity index (χ0v) is 13.4. The molecule has 0 aliphatic carbocycles. The van der Waals surface area contributed by atoms with Gasteiger partial charge in [0.05, 0.1) is 0 Å². The molecule has 2 nitrogen and oxygen atoms in total. The molecular formula is C18H32O2. The second kappa shape index (κ2) is 14.4. The molecule has 0 heterocycles. The van der Waals surface area contributed by atoms with Crippen LogP contribution in [0.1, 0.15) is 78.1 Å². The van der Waals surface area contributed by atoms with Crippen LogP contribution in [0.25, 0.3) is 0 Å². The number of esters is 1. The van der Waals surface area contributed by atoms with E-state index in [4.69, 9.17) is 4.74 Å². The Kier molecular flexibility index (Phi) is 13.6. The molecule has 0 aliphatic rings.